The first-order chi connectivity index (χ1) is 13.7. The molecule has 2 heterocycles. The number of likely N-dealkylation sites (tertiary alicyclic amines) is 1. The topological polar surface area (TPSA) is 46.1 Å². The van der Waals surface area contributed by atoms with Gasteiger partial charge in [0.2, 0.25) is 0 Å². The predicted molar refractivity (Wildman–Crippen MR) is 113 cm³/mol. The van der Waals surface area contributed by atoms with Crippen molar-refractivity contribution in [3.05, 3.63) is 35.4 Å². The second-order valence-corrected chi connectivity index (χ2v) is 8.40. The van der Waals surface area contributed by atoms with Crippen LogP contribution in [0, 0.1) is 6.92 Å². The number of nitrogens with zero attached hydrogens (tertiary/aromatic N) is 2. The van der Waals surface area contributed by atoms with E-state index in [9.17, 15) is 0 Å². The van der Waals surface area contributed by atoms with Crippen molar-refractivity contribution in [2.45, 2.75) is 70.1 Å². The zero-order valence-electron chi connectivity index (χ0n) is 17.4. The van der Waals surface area contributed by atoms with E-state index in [1.54, 1.807) is 0 Å². The Bertz CT molecular complexity index is 664. The maximum atomic E-state index is 6.12. The van der Waals surface area contributed by atoms with E-state index in [0.717, 1.165) is 58.1 Å². The molecule has 1 aromatic rings. The zero-order valence-corrected chi connectivity index (χ0v) is 17.4. The molecule has 1 N–H and O–H groups in total. The van der Waals surface area contributed by atoms with Crippen LogP contribution in [0.5, 0.6) is 0 Å². The fourth-order valence-corrected chi connectivity index (χ4v) is 4.51. The lowest BCUT2D eigenvalue weighted by atomic mass is 10.0. The molecule has 5 heteroatoms. The quantitative estimate of drug-likeness (QED) is 0.602. The van der Waals surface area contributed by atoms with Crippen molar-refractivity contribution in [3.8, 4) is 0 Å². The van der Waals surface area contributed by atoms with Crippen LogP contribution in [0.15, 0.2) is 29.3 Å². The van der Waals surface area contributed by atoms with Crippen LogP contribution in [0.1, 0.15) is 56.1 Å². The van der Waals surface area contributed by atoms with Gasteiger partial charge in [-0.1, -0.05) is 24.3 Å². The summed E-state index contributed by atoms with van der Waals surface area (Å²) in [4.78, 5) is 7.20. The number of guanidine groups is 1. The molecule has 3 atom stereocenters. The normalized spacial score (nSPS) is 28.6. The first-order valence-electron chi connectivity index (χ1n) is 11.1. The summed E-state index contributed by atoms with van der Waals surface area (Å²) in [5, 5.41) is 3.74. The number of aryl methyl sites for hydroxylation is 1. The summed E-state index contributed by atoms with van der Waals surface area (Å²) in [5.74, 6) is 1.71. The Hall–Kier alpha value is -1.59. The zero-order chi connectivity index (χ0) is 19.3. The molecule has 0 amide bonds. The van der Waals surface area contributed by atoms with Gasteiger partial charge in [0.1, 0.15) is 0 Å². The Kier molecular flexibility index (Phi) is 6.53. The summed E-state index contributed by atoms with van der Waals surface area (Å²) in [5.41, 5.74) is 2.88. The van der Waals surface area contributed by atoms with Gasteiger partial charge in [-0.3, -0.25) is 4.99 Å². The molecule has 5 nitrogen and oxygen atoms in total. The standard InChI is InChI=1S/C23H35N3O2/c1-3-24-23(25-22-15-21(22)20-9-5-4-7-17(20)2)26-12-10-18(11-13-26)28-16-19-8-6-14-27-19/h4-5,7,9,18-19,21-22H,3,6,8,10-16H2,1-2H3,(H,24,25). The van der Waals surface area contributed by atoms with Crippen molar-refractivity contribution in [3.63, 3.8) is 0 Å². The van der Waals surface area contributed by atoms with Gasteiger partial charge in [-0.2, -0.15) is 0 Å². The third-order valence-corrected chi connectivity index (χ3v) is 6.28. The third-order valence-electron chi connectivity index (χ3n) is 6.28. The number of hydrogen-bond donors (Lipinski definition) is 1. The number of aliphatic imine (C=N–C) groups is 1. The number of rotatable bonds is 6. The summed E-state index contributed by atoms with van der Waals surface area (Å²) >= 11 is 0. The Morgan fingerprint density at radius 1 is 1.25 bits per heavy atom. The molecule has 1 aromatic carbocycles. The molecule has 1 saturated carbocycles. The van der Waals surface area contributed by atoms with E-state index in [2.05, 4.69) is 48.3 Å². The minimum Gasteiger partial charge on any atom is -0.376 e. The molecule has 2 aliphatic heterocycles. The molecule has 3 unspecified atom stereocenters. The van der Waals surface area contributed by atoms with Crippen LogP contribution < -0.4 is 5.32 Å². The van der Waals surface area contributed by atoms with Crippen molar-refractivity contribution in [1.29, 1.82) is 0 Å². The van der Waals surface area contributed by atoms with Crippen molar-refractivity contribution in [1.82, 2.24) is 10.2 Å². The average Bonchev–Trinajstić information content (AvgIpc) is 3.27. The second-order valence-electron chi connectivity index (χ2n) is 8.40. The van der Waals surface area contributed by atoms with Gasteiger partial charge in [-0.25, -0.2) is 0 Å². The molecular weight excluding hydrogens is 350 g/mol. The highest BCUT2D eigenvalue weighted by Crippen LogP contribution is 2.42. The smallest absolute Gasteiger partial charge is 0.194 e. The van der Waals surface area contributed by atoms with Crippen LogP contribution in [0.4, 0.5) is 0 Å². The van der Waals surface area contributed by atoms with Crippen LogP contribution in [0.25, 0.3) is 0 Å². The number of benzene rings is 1. The van der Waals surface area contributed by atoms with Crippen LogP contribution >= 0.6 is 0 Å². The summed E-state index contributed by atoms with van der Waals surface area (Å²) in [7, 11) is 0. The highest BCUT2D eigenvalue weighted by molar-refractivity contribution is 5.81. The van der Waals surface area contributed by atoms with Gasteiger partial charge in [0.05, 0.1) is 18.8 Å². The molecule has 1 aliphatic carbocycles. The molecule has 0 aromatic heterocycles. The van der Waals surface area contributed by atoms with Crippen molar-refractivity contribution < 1.29 is 9.47 Å². The first-order valence-corrected chi connectivity index (χ1v) is 11.1. The molecular formula is C23H35N3O2. The fraction of sp³-hybridized carbons (Fsp3) is 0.696. The van der Waals surface area contributed by atoms with E-state index in [0.29, 0.717) is 24.2 Å². The maximum Gasteiger partial charge on any atom is 0.194 e. The lowest BCUT2D eigenvalue weighted by Gasteiger charge is -2.34. The van der Waals surface area contributed by atoms with Gasteiger partial charge in [0.15, 0.2) is 5.96 Å². The van der Waals surface area contributed by atoms with Crippen molar-refractivity contribution in [2.75, 3.05) is 32.8 Å². The van der Waals surface area contributed by atoms with E-state index >= 15 is 0 Å². The van der Waals surface area contributed by atoms with Gasteiger partial charge in [-0.05, 0) is 57.1 Å². The van der Waals surface area contributed by atoms with E-state index in [4.69, 9.17) is 14.5 Å². The molecule has 28 heavy (non-hydrogen) atoms. The van der Waals surface area contributed by atoms with Gasteiger partial charge in [0, 0.05) is 38.2 Å². The minimum absolute atomic E-state index is 0.324. The molecule has 3 fully saturated rings. The molecule has 2 saturated heterocycles. The largest absolute Gasteiger partial charge is 0.376 e. The SMILES string of the molecule is CCN=C(NC1CC1c1ccccc1C)N1CCC(OCC2CCCO2)CC1. The number of hydrogen-bond acceptors (Lipinski definition) is 3. The number of nitrogens with one attached hydrogen (secondary N) is 1. The molecule has 0 spiro atoms. The molecule has 4 rings (SSSR count). The Labute approximate surface area is 169 Å². The average molecular weight is 386 g/mol. The van der Waals surface area contributed by atoms with E-state index < -0.39 is 0 Å². The fourth-order valence-electron chi connectivity index (χ4n) is 4.51. The number of piperidine rings is 1. The Morgan fingerprint density at radius 2 is 2.07 bits per heavy atom. The summed E-state index contributed by atoms with van der Waals surface area (Å²) < 4.78 is 11.8. The van der Waals surface area contributed by atoms with Gasteiger partial charge < -0.3 is 19.7 Å². The highest BCUT2D eigenvalue weighted by Gasteiger charge is 2.40. The van der Waals surface area contributed by atoms with Crippen molar-refractivity contribution >= 4 is 5.96 Å². The van der Waals surface area contributed by atoms with Gasteiger partial charge >= 0.3 is 0 Å². The van der Waals surface area contributed by atoms with E-state index in [1.165, 1.54) is 24.0 Å². The predicted octanol–water partition coefficient (Wildman–Crippen LogP) is 3.48. The van der Waals surface area contributed by atoms with Crippen molar-refractivity contribution in [2.24, 2.45) is 4.99 Å². The maximum absolute atomic E-state index is 6.12. The molecule has 3 aliphatic rings. The minimum atomic E-state index is 0.324. The molecule has 0 radical (unpaired) electrons. The van der Waals surface area contributed by atoms with E-state index in [1.807, 2.05) is 0 Å². The molecule has 154 valence electrons. The first kappa shape index (κ1) is 19.7. The lowest BCUT2D eigenvalue weighted by Crippen LogP contribution is -2.48. The third kappa shape index (κ3) is 4.87. The van der Waals surface area contributed by atoms with Crippen LogP contribution in [-0.2, 0) is 9.47 Å². The van der Waals surface area contributed by atoms with E-state index in [-0.39, 0.29) is 0 Å². The lowest BCUT2D eigenvalue weighted by molar-refractivity contribution is -0.0367. The summed E-state index contributed by atoms with van der Waals surface area (Å²) in [6.07, 6.45) is 6.37. The second kappa shape index (κ2) is 9.27. The Morgan fingerprint density at radius 3 is 2.79 bits per heavy atom. The highest BCUT2D eigenvalue weighted by atomic mass is 16.5. The van der Waals surface area contributed by atoms with Gasteiger partial charge in [-0.15, -0.1) is 0 Å². The summed E-state index contributed by atoms with van der Waals surface area (Å²) in [6, 6.07) is 9.28. The monoisotopic (exact) mass is 385 g/mol. The van der Waals surface area contributed by atoms with Gasteiger partial charge in [0.25, 0.3) is 0 Å². The van der Waals surface area contributed by atoms with Crippen LogP contribution in [-0.4, -0.2) is 62.0 Å². The molecule has 0 bridgehead atoms. The Balaban J connectivity index is 1.25. The van der Waals surface area contributed by atoms with Crippen LogP contribution in [0.2, 0.25) is 0 Å². The van der Waals surface area contributed by atoms with Crippen LogP contribution in [0.3, 0.4) is 0 Å². The number of ether oxygens (including phenoxy) is 2. The summed E-state index contributed by atoms with van der Waals surface area (Å²) in [6.45, 7) is 8.85.